The Kier molecular flexibility index (Phi) is 6.28. The third-order valence-electron chi connectivity index (χ3n) is 3.85. The number of nitrogens with zero attached hydrogens (tertiary/aromatic N) is 1. The zero-order chi connectivity index (χ0) is 11.3. The average Bonchev–Trinajstić information content (AvgIpc) is 2.18. The van der Waals surface area contributed by atoms with Gasteiger partial charge in [0.25, 0.3) is 14.1 Å². The van der Waals surface area contributed by atoms with E-state index in [1.165, 1.54) is 13.0 Å². The van der Waals surface area contributed by atoms with E-state index in [0.717, 1.165) is 12.1 Å². The molecule has 1 saturated heterocycles. The highest BCUT2D eigenvalue weighted by Gasteiger charge is 2.22. The zero-order valence-electron chi connectivity index (χ0n) is 11.1. The van der Waals surface area contributed by atoms with Gasteiger partial charge in [0.15, 0.2) is 0 Å². The molecular formula is C13H28AlN. The summed E-state index contributed by atoms with van der Waals surface area (Å²) in [4.78, 5) is 2.67. The molecule has 0 aromatic carbocycles. The summed E-state index contributed by atoms with van der Waals surface area (Å²) in [5.74, 6) is 0. The second kappa shape index (κ2) is 6.94. The maximum absolute atomic E-state index is 2.67. The van der Waals surface area contributed by atoms with Gasteiger partial charge in [-0.3, -0.25) is 4.90 Å². The molecule has 0 bridgehead atoms. The van der Waals surface area contributed by atoms with Crippen molar-refractivity contribution < 1.29 is 0 Å². The first-order valence-corrected chi connectivity index (χ1v) is 9.32. The van der Waals surface area contributed by atoms with Gasteiger partial charge >= 0.3 is 0 Å². The Morgan fingerprint density at radius 1 is 0.933 bits per heavy atom. The van der Waals surface area contributed by atoms with Crippen molar-refractivity contribution in [3.05, 3.63) is 0 Å². The lowest BCUT2D eigenvalue weighted by molar-refractivity contribution is 0.185. The van der Waals surface area contributed by atoms with Crippen LogP contribution >= 0.6 is 0 Å². The normalized spacial score (nSPS) is 18.2. The van der Waals surface area contributed by atoms with E-state index < -0.39 is 0 Å². The predicted molar refractivity (Wildman–Crippen MR) is 71.0 cm³/mol. The molecule has 88 valence electrons. The van der Waals surface area contributed by atoms with Gasteiger partial charge < -0.3 is 0 Å². The smallest absolute Gasteiger partial charge is 0.263 e. The summed E-state index contributed by atoms with van der Waals surface area (Å²) in [6.45, 7) is 10.7. The Morgan fingerprint density at radius 2 is 1.47 bits per heavy atom. The molecule has 0 N–H and O–H groups in total. The molecule has 15 heavy (non-hydrogen) atoms. The van der Waals surface area contributed by atoms with Crippen molar-refractivity contribution in [3.63, 3.8) is 0 Å². The molecule has 1 rings (SSSR count). The molecule has 1 nitrogen and oxygen atoms in total. The molecule has 0 atom stereocenters. The van der Waals surface area contributed by atoms with E-state index >= 15 is 0 Å². The molecule has 1 aliphatic rings. The molecule has 0 radical (unpaired) electrons. The van der Waals surface area contributed by atoms with Crippen molar-refractivity contribution in [1.82, 2.24) is 4.90 Å². The molecule has 0 unspecified atom stereocenters. The fourth-order valence-corrected chi connectivity index (χ4v) is 6.18. The minimum Gasteiger partial charge on any atom is -0.300 e. The summed E-state index contributed by atoms with van der Waals surface area (Å²) in [6.07, 6.45) is 4.60. The first kappa shape index (κ1) is 13.6. The number of rotatable bonds is 5. The first-order valence-electron chi connectivity index (χ1n) is 6.87. The molecule has 0 spiro atoms. The summed E-state index contributed by atoms with van der Waals surface area (Å²) < 4.78 is 0. The Bertz CT molecular complexity index is 154. The van der Waals surface area contributed by atoms with Gasteiger partial charge in [-0.15, -0.1) is 0 Å². The van der Waals surface area contributed by atoms with Crippen LogP contribution in [-0.4, -0.2) is 37.7 Å². The maximum Gasteiger partial charge on any atom is 0.263 e. The van der Waals surface area contributed by atoms with Crippen molar-refractivity contribution >= 4 is 14.1 Å². The summed E-state index contributed by atoms with van der Waals surface area (Å²) >= 11 is -0.306. The number of hydrogen-bond donors (Lipinski definition) is 0. The molecule has 0 saturated carbocycles. The molecule has 0 aromatic rings. The van der Waals surface area contributed by atoms with E-state index in [1.807, 2.05) is 0 Å². The van der Waals surface area contributed by atoms with Crippen LogP contribution in [-0.2, 0) is 0 Å². The van der Waals surface area contributed by atoms with Crippen LogP contribution in [0.15, 0.2) is 0 Å². The zero-order valence-corrected chi connectivity index (χ0v) is 12.3. The lowest BCUT2D eigenvalue weighted by Gasteiger charge is -2.31. The van der Waals surface area contributed by atoms with Gasteiger partial charge in [0.05, 0.1) is 0 Å². The van der Waals surface area contributed by atoms with E-state index in [-0.39, 0.29) is 14.1 Å². The largest absolute Gasteiger partial charge is 0.300 e. The highest BCUT2D eigenvalue weighted by atomic mass is 27.2. The lowest BCUT2D eigenvalue weighted by Crippen LogP contribution is -2.39. The molecule has 0 amide bonds. The SMILES string of the molecule is CC(C)N(C[CH2][Al]1[CH2]CCC[CH2]1)C(C)C. The van der Waals surface area contributed by atoms with Crippen LogP contribution < -0.4 is 0 Å². The van der Waals surface area contributed by atoms with Gasteiger partial charge in [0, 0.05) is 12.1 Å². The van der Waals surface area contributed by atoms with Gasteiger partial charge in [-0.1, -0.05) is 35.1 Å². The highest BCUT2D eigenvalue weighted by Crippen LogP contribution is 2.22. The molecule has 1 heterocycles. The molecule has 1 aliphatic heterocycles. The molecule has 1 fully saturated rings. The topological polar surface area (TPSA) is 3.24 Å². The summed E-state index contributed by atoms with van der Waals surface area (Å²) in [5, 5.41) is 4.82. The second-order valence-corrected chi connectivity index (χ2v) is 9.18. The summed E-state index contributed by atoms with van der Waals surface area (Å²) in [6, 6.07) is 1.45. The van der Waals surface area contributed by atoms with Crippen LogP contribution in [0.3, 0.4) is 0 Å². The minimum atomic E-state index is -0.306. The maximum atomic E-state index is 2.67. The lowest BCUT2D eigenvalue weighted by atomic mass is 10.2. The third kappa shape index (κ3) is 4.90. The second-order valence-electron chi connectivity index (χ2n) is 5.72. The standard InChI is InChI=1S/C8H18N.C5H10.Al/c1-6-9(7(2)3)8(4)5;1-3-5-4-2;/h7-8H,1,6H2,2-5H3;1-5H2;. The van der Waals surface area contributed by atoms with E-state index in [2.05, 4.69) is 32.6 Å². The van der Waals surface area contributed by atoms with Crippen LogP contribution in [0, 0.1) is 0 Å². The van der Waals surface area contributed by atoms with Gasteiger partial charge in [0.1, 0.15) is 0 Å². The summed E-state index contributed by atoms with van der Waals surface area (Å²) in [7, 11) is 0. The van der Waals surface area contributed by atoms with Crippen LogP contribution in [0.1, 0.15) is 47.0 Å². The van der Waals surface area contributed by atoms with E-state index in [1.54, 1.807) is 28.7 Å². The number of hydrogen-bond acceptors (Lipinski definition) is 1. The van der Waals surface area contributed by atoms with Crippen molar-refractivity contribution in [2.75, 3.05) is 6.54 Å². The molecular weight excluding hydrogens is 197 g/mol. The first-order chi connectivity index (χ1) is 7.11. The van der Waals surface area contributed by atoms with Crippen molar-refractivity contribution in [1.29, 1.82) is 0 Å². The van der Waals surface area contributed by atoms with E-state index in [4.69, 9.17) is 0 Å². The quantitative estimate of drug-likeness (QED) is 0.644. The minimum absolute atomic E-state index is 0.306. The van der Waals surface area contributed by atoms with E-state index in [9.17, 15) is 0 Å². The van der Waals surface area contributed by atoms with Crippen molar-refractivity contribution in [2.24, 2.45) is 0 Å². The van der Waals surface area contributed by atoms with Gasteiger partial charge in [-0.05, 0) is 34.2 Å². The fraction of sp³-hybridized carbons (Fsp3) is 1.00. The Hall–Kier alpha value is 0.492. The Morgan fingerprint density at radius 3 is 1.93 bits per heavy atom. The Labute approximate surface area is 101 Å². The average molecular weight is 225 g/mol. The van der Waals surface area contributed by atoms with Crippen molar-refractivity contribution in [2.45, 2.75) is 74.9 Å². The van der Waals surface area contributed by atoms with Crippen LogP contribution in [0.25, 0.3) is 0 Å². The van der Waals surface area contributed by atoms with E-state index in [0.29, 0.717) is 0 Å². The van der Waals surface area contributed by atoms with Crippen LogP contribution in [0.5, 0.6) is 0 Å². The Balaban J connectivity index is 2.26. The van der Waals surface area contributed by atoms with Gasteiger partial charge in [-0.25, -0.2) is 0 Å². The molecule has 0 aromatic heterocycles. The monoisotopic (exact) mass is 225 g/mol. The highest BCUT2D eigenvalue weighted by molar-refractivity contribution is 6.59. The third-order valence-corrected chi connectivity index (χ3v) is 7.37. The molecule has 2 heteroatoms. The fourth-order valence-electron chi connectivity index (χ4n) is 2.92. The van der Waals surface area contributed by atoms with Crippen molar-refractivity contribution in [3.8, 4) is 0 Å². The summed E-state index contributed by atoms with van der Waals surface area (Å²) in [5.41, 5.74) is 0. The van der Waals surface area contributed by atoms with Gasteiger partial charge in [-0.2, -0.15) is 0 Å². The van der Waals surface area contributed by atoms with Crippen LogP contribution in [0.2, 0.25) is 15.8 Å². The molecule has 0 aliphatic carbocycles. The van der Waals surface area contributed by atoms with Gasteiger partial charge in [0.2, 0.25) is 0 Å². The predicted octanol–water partition coefficient (Wildman–Crippen LogP) is 3.78. The van der Waals surface area contributed by atoms with Crippen LogP contribution in [0.4, 0.5) is 0 Å².